The van der Waals surface area contributed by atoms with Crippen LogP contribution in [0.4, 0.5) is 0 Å². The maximum Gasteiger partial charge on any atom is 0.252 e. The van der Waals surface area contributed by atoms with Crippen LogP contribution in [0, 0.1) is 6.92 Å². The Hall–Kier alpha value is -1.37. The highest BCUT2D eigenvalue weighted by atomic mass is 32.2. The summed E-state index contributed by atoms with van der Waals surface area (Å²) in [5.41, 5.74) is 6.57. The molecular weight excluding hydrogens is 262 g/mol. The number of nitrogens with zero attached hydrogens (tertiary/aromatic N) is 2. The van der Waals surface area contributed by atoms with E-state index in [0.717, 1.165) is 0 Å². The summed E-state index contributed by atoms with van der Waals surface area (Å²) in [6.45, 7) is 3.38. The molecule has 1 aromatic carbocycles. The molecule has 0 saturated heterocycles. The minimum absolute atomic E-state index is 0.319. The summed E-state index contributed by atoms with van der Waals surface area (Å²) in [5.74, 6) is 1.86. The molecule has 0 amide bonds. The number of rotatable bonds is 7. The van der Waals surface area contributed by atoms with Crippen LogP contribution in [0.2, 0.25) is 0 Å². The topological polar surface area (TPSA) is 74.2 Å². The summed E-state index contributed by atoms with van der Waals surface area (Å²) in [5, 5.41) is 3.91. The highest BCUT2D eigenvalue weighted by molar-refractivity contribution is 7.98. The molecule has 1 aromatic heterocycles. The summed E-state index contributed by atoms with van der Waals surface area (Å²) in [6, 6.07) is 8.32. The Bertz CT molecular complexity index is 516. The molecule has 0 fully saturated rings. The molecule has 5 nitrogen and oxygen atoms in total. The fraction of sp³-hybridized carbons (Fsp3) is 0.385. The monoisotopic (exact) mass is 279 g/mol. The standard InChI is InChI=1S/C13H17N3O2S/c1-10-3-2-4-11(7-10)19-9-12-15-13(18-16-12)8-17-6-5-14/h2-4,7H,5-6,8-9,14H2,1H3. The van der Waals surface area contributed by atoms with Crippen molar-refractivity contribution < 1.29 is 9.26 Å². The van der Waals surface area contributed by atoms with E-state index in [-0.39, 0.29) is 0 Å². The third-order valence-electron chi connectivity index (χ3n) is 2.36. The summed E-state index contributed by atoms with van der Waals surface area (Å²) >= 11 is 1.68. The lowest BCUT2D eigenvalue weighted by Crippen LogP contribution is -2.08. The zero-order valence-electron chi connectivity index (χ0n) is 10.8. The predicted molar refractivity (Wildman–Crippen MR) is 73.7 cm³/mol. The van der Waals surface area contributed by atoms with Crippen LogP contribution in [-0.2, 0) is 17.1 Å². The van der Waals surface area contributed by atoms with E-state index in [1.54, 1.807) is 11.8 Å². The first kappa shape index (κ1) is 14.0. The van der Waals surface area contributed by atoms with Crippen molar-refractivity contribution in [2.45, 2.75) is 24.2 Å². The van der Waals surface area contributed by atoms with E-state index in [2.05, 4.69) is 35.3 Å². The van der Waals surface area contributed by atoms with Gasteiger partial charge in [-0.3, -0.25) is 0 Å². The van der Waals surface area contributed by atoms with Crippen LogP contribution in [-0.4, -0.2) is 23.3 Å². The van der Waals surface area contributed by atoms with Gasteiger partial charge in [-0.05, 0) is 19.1 Å². The highest BCUT2D eigenvalue weighted by Crippen LogP contribution is 2.22. The van der Waals surface area contributed by atoms with Gasteiger partial charge in [-0.2, -0.15) is 4.98 Å². The van der Waals surface area contributed by atoms with Gasteiger partial charge in [0, 0.05) is 11.4 Å². The number of nitrogens with two attached hydrogens (primary N) is 1. The second-order valence-corrected chi connectivity index (χ2v) is 5.10. The molecule has 1 heterocycles. The minimum Gasteiger partial charge on any atom is -0.370 e. The predicted octanol–water partition coefficient (Wildman–Crippen LogP) is 2.15. The molecule has 0 aliphatic heterocycles. The third kappa shape index (κ3) is 4.66. The summed E-state index contributed by atoms with van der Waals surface area (Å²) in [7, 11) is 0. The maximum absolute atomic E-state index is 5.33. The molecule has 0 atom stereocenters. The fourth-order valence-corrected chi connectivity index (χ4v) is 2.36. The molecule has 102 valence electrons. The van der Waals surface area contributed by atoms with Gasteiger partial charge in [-0.25, -0.2) is 0 Å². The average Bonchev–Trinajstić information content (AvgIpc) is 2.85. The lowest BCUT2D eigenvalue weighted by molar-refractivity contribution is 0.104. The number of benzene rings is 1. The molecule has 0 aliphatic rings. The van der Waals surface area contributed by atoms with Crippen molar-refractivity contribution in [1.29, 1.82) is 0 Å². The lowest BCUT2D eigenvalue weighted by Gasteiger charge is -1.99. The van der Waals surface area contributed by atoms with E-state index in [0.29, 0.717) is 37.2 Å². The van der Waals surface area contributed by atoms with E-state index in [1.165, 1.54) is 10.5 Å². The van der Waals surface area contributed by atoms with E-state index in [9.17, 15) is 0 Å². The molecule has 0 saturated carbocycles. The summed E-state index contributed by atoms with van der Waals surface area (Å²) < 4.78 is 10.3. The largest absolute Gasteiger partial charge is 0.370 e. The molecule has 2 rings (SSSR count). The Labute approximate surface area is 116 Å². The van der Waals surface area contributed by atoms with Crippen molar-refractivity contribution in [3.05, 3.63) is 41.5 Å². The fourth-order valence-electron chi connectivity index (χ4n) is 1.50. The number of hydrogen-bond acceptors (Lipinski definition) is 6. The smallest absolute Gasteiger partial charge is 0.252 e. The first-order chi connectivity index (χ1) is 9.28. The van der Waals surface area contributed by atoms with Gasteiger partial charge in [0.2, 0.25) is 0 Å². The third-order valence-corrected chi connectivity index (χ3v) is 3.35. The molecule has 0 unspecified atom stereocenters. The molecule has 2 N–H and O–H groups in total. The van der Waals surface area contributed by atoms with Crippen LogP contribution in [0.5, 0.6) is 0 Å². The van der Waals surface area contributed by atoms with Gasteiger partial charge in [-0.1, -0.05) is 22.9 Å². The van der Waals surface area contributed by atoms with Crippen molar-refractivity contribution in [3.63, 3.8) is 0 Å². The average molecular weight is 279 g/mol. The van der Waals surface area contributed by atoms with E-state index < -0.39 is 0 Å². The summed E-state index contributed by atoms with van der Waals surface area (Å²) in [6.07, 6.45) is 0. The highest BCUT2D eigenvalue weighted by Gasteiger charge is 2.06. The lowest BCUT2D eigenvalue weighted by atomic mass is 10.2. The van der Waals surface area contributed by atoms with Crippen LogP contribution >= 0.6 is 11.8 Å². The molecule has 0 spiro atoms. The Kier molecular flexibility index (Phi) is 5.38. The van der Waals surface area contributed by atoms with Gasteiger partial charge < -0.3 is 15.0 Å². The van der Waals surface area contributed by atoms with Crippen molar-refractivity contribution in [2.24, 2.45) is 5.73 Å². The van der Waals surface area contributed by atoms with E-state index >= 15 is 0 Å². The van der Waals surface area contributed by atoms with Crippen LogP contribution in [0.1, 0.15) is 17.3 Å². The number of thioether (sulfide) groups is 1. The quantitative estimate of drug-likeness (QED) is 0.618. The second kappa shape index (κ2) is 7.28. The summed E-state index contributed by atoms with van der Waals surface area (Å²) in [4.78, 5) is 5.45. The van der Waals surface area contributed by atoms with Gasteiger partial charge >= 0.3 is 0 Å². The van der Waals surface area contributed by atoms with Crippen LogP contribution < -0.4 is 5.73 Å². The number of aromatic nitrogens is 2. The molecule has 0 aliphatic carbocycles. The van der Waals surface area contributed by atoms with Crippen molar-refractivity contribution in [2.75, 3.05) is 13.2 Å². The van der Waals surface area contributed by atoms with Crippen molar-refractivity contribution in [3.8, 4) is 0 Å². The number of aryl methyl sites for hydroxylation is 1. The zero-order chi connectivity index (χ0) is 13.5. The molecule has 6 heteroatoms. The Morgan fingerprint density at radius 1 is 1.42 bits per heavy atom. The van der Waals surface area contributed by atoms with Gasteiger partial charge in [0.05, 0.1) is 12.4 Å². The van der Waals surface area contributed by atoms with Gasteiger partial charge in [0.1, 0.15) is 6.61 Å². The Morgan fingerprint density at radius 2 is 2.32 bits per heavy atom. The van der Waals surface area contributed by atoms with Crippen molar-refractivity contribution >= 4 is 11.8 Å². The molecule has 0 bridgehead atoms. The normalized spacial score (nSPS) is 10.8. The Morgan fingerprint density at radius 3 is 3.11 bits per heavy atom. The van der Waals surface area contributed by atoms with Crippen molar-refractivity contribution in [1.82, 2.24) is 10.1 Å². The molecular formula is C13H17N3O2S. The minimum atomic E-state index is 0.319. The maximum atomic E-state index is 5.33. The zero-order valence-corrected chi connectivity index (χ0v) is 11.7. The molecule has 0 radical (unpaired) electrons. The van der Waals surface area contributed by atoms with Crippen LogP contribution in [0.15, 0.2) is 33.7 Å². The molecule has 19 heavy (non-hydrogen) atoms. The van der Waals surface area contributed by atoms with Gasteiger partial charge in [0.25, 0.3) is 5.89 Å². The number of ether oxygens (including phenoxy) is 1. The first-order valence-corrected chi connectivity index (χ1v) is 7.05. The van der Waals surface area contributed by atoms with Crippen LogP contribution in [0.3, 0.4) is 0 Å². The number of hydrogen-bond donors (Lipinski definition) is 1. The van der Waals surface area contributed by atoms with E-state index in [1.807, 2.05) is 6.07 Å². The SMILES string of the molecule is Cc1cccc(SCc2noc(COCCN)n2)c1. The van der Waals surface area contributed by atoms with Crippen LogP contribution in [0.25, 0.3) is 0 Å². The second-order valence-electron chi connectivity index (χ2n) is 4.05. The van der Waals surface area contributed by atoms with Gasteiger partial charge in [0.15, 0.2) is 5.82 Å². The van der Waals surface area contributed by atoms with Gasteiger partial charge in [-0.15, -0.1) is 11.8 Å². The molecule has 2 aromatic rings. The first-order valence-electron chi connectivity index (χ1n) is 6.06. The Balaban J connectivity index is 1.83. The van der Waals surface area contributed by atoms with E-state index in [4.69, 9.17) is 15.0 Å².